The number of amides is 1. The van der Waals surface area contributed by atoms with E-state index in [4.69, 9.17) is 0 Å². The lowest BCUT2D eigenvalue weighted by molar-refractivity contribution is 0.0955. The van der Waals surface area contributed by atoms with Crippen LogP contribution in [0.2, 0.25) is 0 Å². The van der Waals surface area contributed by atoms with Gasteiger partial charge in [-0.05, 0) is 38.3 Å². The fraction of sp³-hybridized carbons (Fsp3) is 0.350. The Labute approximate surface area is 148 Å². The molecule has 0 aliphatic heterocycles. The van der Waals surface area contributed by atoms with E-state index in [1.807, 2.05) is 20.8 Å². The number of nitrogens with zero attached hydrogens (tertiary/aromatic N) is 3. The second kappa shape index (κ2) is 7.05. The zero-order valence-corrected chi connectivity index (χ0v) is 15.3. The molecule has 0 fully saturated rings. The average molecular weight is 336 g/mol. The Bertz CT molecular complexity index is 927. The summed E-state index contributed by atoms with van der Waals surface area (Å²) in [4.78, 5) is 17.0. The van der Waals surface area contributed by atoms with Crippen molar-refractivity contribution in [2.45, 2.75) is 40.5 Å². The number of fused-ring (bicyclic) bond motifs is 1. The van der Waals surface area contributed by atoms with Crippen molar-refractivity contribution in [1.29, 1.82) is 0 Å². The molecule has 1 N–H and O–H groups in total. The Balaban J connectivity index is 2.01. The molecule has 0 saturated carbocycles. The summed E-state index contributed by atoms with van der Waals surface area (Å²) in [5.74, 6) is -0.116. The maximum absolute atomic E-state index is 12.3. The first-order valence-electron chi connectivity index (χ1n) is 8.68. The van der Waals surface area contributed by atoms with Gasteiger partial charge in [0.15, 0.2) is 5.65 Å². The molecule has 0 atom stereocenters. The second-order valence-corrected chi connectivity index (χ2v) is 6.48. The van der Waals surface area contributed by atoms with Gasteiger partial charge in [-0.15, -0.1) is 0 Å². The summed E-state index contributed by atoms with van der Waals surface area (Å²) in [7, 11) is 0. The van der Waals surface area contributed by atoms with Crippen LogP contribution in [-0.2, 0) is 6.42 Å². The van der Waals surface area contributed by atoms with Gasteiger partial charge in [0, 0.05) is 24.4 Å². The van der Waals surface area contributed by atoms with Crippen molar-refractivity contribution in [3.05, 3.63) is 64.1 Å². The summed E-state index contributed by atoms with van der Waals surface area (Å²) in [6, 6.07) is 8.49. The first kappa shape index (κ1) is 17.1. The van der Waals surface area contributed by atoms with Gasteiger partial charge < -0.3 is 5.32 Å². The number of aromatic nitrogens is 3. The van der Waals surface area contributed by atoms with Crippen LogP contribution in [0.4, 0.5) is 0 Å². The lowest BCUT2D eigenvalue weighted by atomic mass is 10.0. The standard InChI is InChI=1S/C20H24N4O/c1-5-9-21-20(25)18-12-22-24-15(4)17(14(3)23-19(18)24)11-16-8-6-7-13(2)10-16/h6-8,10,12H,5,9,11H2,1-4H3,(H,21,25). The molecule has 5 heteroatoms. The van der Waals surface area contributed by atoms with Crippen LogP contribution in [0, 0.1) is 20.8 Å². The molecule has 5 nitrogen and oxygen atoms in total. The Kier molecular flexibility index (Phi) is 4.83. The van der Waals surface area contributed by atoms with Crippen molar-refractivity contribution in [3.63, 3.8) is 0 Å². The van der Waals surface area contributed by atoms with E-state index in [2.05, 4.69) is 46.6 Å². The first-order chi connectivity index (χ1) is 12.0. The fourth-order valence-electron chi connectivity index (χ4n) is 3.09. The number of rotatable bonds is 5. The van der Waals surface area contributed by atoms with Crippen LogP contribution in [0.25, 0.3) is 5.65 Å². The number of carbonyl (C=O) groups is 1. The molecule has 3 aromatic rings. The van der Waals surface area contributed by atoms with Crippen LogP contribution >= 0.6 is 0 Å². The minimum Gasteiger partial charge on any atom is -0.352 e. The van der Waals surface area contributed by atoms with Gasteiger partial charge >= 0.3 is 0 Å². The molecule has 1 amide bonds. The summed E-state index contributed by atoms with van der Waals surface area (Å²) in [6.45, 7) is 8.81. The van der Waals surface area contributed by atoms with Gasteiger partial charge in [0.05, 0.1) is 6.20 Å². The maximum Gasteiger partial charge on any atom is 0.256 e. The number of benzene rings is 1. The molecule has 0 unspecified atom stereocenters. The highest BCUT2D eigenvalue weighted by molar-refractivity contribution is 5.99. The Morgan fingerprint density at radius 3 is 2.76 bits per heavy atom. The van der Waals surface area contributed by atoms with Crippen molar-refractivity contribution >= 4 is 11.6 Å². The number of nitrogens with one attached hydrogen (secondary N) is 1. The quantitative estimate of drug-likeness (QED) is 0.777. The van der Waals surface area contributed by atoms with Crippen molar-refractivity contribution in [2.75, 3.05) is 6.54 Å². The lowest BCUT2D eigenvalue weighted by Crippen LogP contribution is -2.24. The lowest BCUT2D eigenvalue weighted by Gasteiger charge is -2.12. The zero-order valence-electron chi connectivity index (χ0n) is 15.3. The monoisotopic (exact) mass is 336 g/mol. The minimum absolute atomic E-state index is 0.116. The third kappa shape index (κ3) is 3.40. The summed E-state index contributed by atoms with van der Waals surface area (Å²) in [6.07, 6.45) is 3.31. The molecule has 0 radical (unpaired) electrons. The van der Waals surface area contributed by atoms with Crippen LogP contribution in [-0.4, -0.2) is 27.0 Å². The number of hydrogen-bond donors (Lipinski definition) is 1. The van der Waals surface area contributed by atoms with E-state index in [1.54, 1.807) is 10.7 Å². The highest BCUT2D eigenvalue weighted by atomic mass is 16.1. The van der Waals surface area contributed by atoms with E-state index in [0.29, 0.717) is 17.8 Å². The van der Waals surface area contributed by atoms with E-state index in [-0.39, 0.29) is 5.91 Å². The predicted octanol–water partition coefficient (Wildman–Crippen LogP) is 3.39. The van der Waals surface area contributed by atoms with Crippen LogP contribution in [0.3, 0.4) is 0 Å². The van der Waals surface area contributed by atoms with Crippen LogP contribution in [0.15, 0.2) is 30.5 Å². The van der Waals surface area contributed by atoms with Crippen molar-refractivity contribution < 1.29 is 4.79 Å². The van der Waals surface area contributed by atoms with Gasteiger partial charge in [-0.25, -0.2) is 9.50 Å². The number of carbonyl (C=O) groups excluding carboxylic acids is 1. The van der Waals surface area contributed by atoms with E-state index in [0.717, 1.165) is 29.8 Å². The molecule has 130 valence electrons. The highest BCUT2D eigenvalue weighted by Gasteiger charge is 2.18. The summed E-state index contributed by atoms with van der Waals surface area (Å²) < 4.78 is 1.78. The van der Waals surface area contributed by atoms with Crippen LogP contribution in [0.1, 0.15) is 51.8 Å². The van der Waals surface area contributed by atoms with Crippen molar-refractivity contribution in [1.82, 2.24) is 19.9 Å². The molecule has 2 heterocycles. The summed E-state index contributed by atoms with van der Waals surface area (Å²) in [5, 5.41) is 7.30. The van der Waals surface area contributed by atoms with Gasteiger partial charge in [-0.1, -0.05) is 36.8 Å². The molecule has 3 rings (SSSR count). The molecule has 0 aliphatic rings. The van der Waals surface area contributed by atoms with Gasteiger partial charge in [-0.2, -0.15) is 5.10 Å². The molecule has 0 saturated heterocycles. The van der Waals surface area contributed by atoms with E-state index in [1.165, 1.54) is 11.1 Å². The fourth-order valence-corrected chi connectivity index (χ4v) is 3.09. The third-order valence-corrected chi connectivity index (χ3v) is 4.45. The normalized spacial score (nSPS) is 11.0. The molecular weight excluding hydrogens is 312 g/mol. The van der Waals surface area contributed by atoms with E-state index < -0.39 is 0 Å². The molecule has 0 bridgehead atoms. The van der Waals surface area contributed by atoms with Crippen molar-refractivity contribution in [3.8, 4) is 0 Å². The number of aryl methyl sites for hydroxylation is 3. The van der Waals surface area contributed by atoms with E-state index in [9.17, 15) is 4.79 Å². The third-order valence-electron chi connectivity index (χ3n) is 4.45. The SMILES string of the molecule is CCCNC(=O)c1cnn2c(C)c(Cc3cccc(C)c3)c(C)nc12. The topological polar surface area (TPSA) is 59.3 Å². The molecule has 2 aromatic heterocycles. The Morgan fingerprint density at radius 2 is 2.04 bits per heavy atom. The molecule has 0 aliphatic carbocycles. The smallest absolute Gasteiger partial charge is 0.256 e. The second-order valence-electron chi connectivity index (χ2n) is 6.48. The Morgan fingerprint density at radius 1 is 1.24 bits per heavy atom. The minimum atomic E-state index is -0.116. The zero-order chi connectivity index (χ0) is 18.0. The van der Waals surface area contributed by atoms with Gasteiger partial charge in [-0.3, -0.25) is 4.79 Å². The molecular formula is C20H24N4O. The van der Waals surface area contributed by atoms with Gasteiger partial charge in [0.25, 0.3) is 5.91 Å². The summed E-state index contributed by atoms with van der Waals surface area (Å²) in [5.41, 5.74) is 6.77. The predicted molar refractivity (Wildman–Crippen MR) is 99.1 cm³/mol. The largest absolute Gasteiger partial charge is 0.352 e. The Hall–Kier alpha value is -2.69. The molecule has 25 heavy (non-hydrogen) atoms. The van der Waals surface area contributed by atoms with Crippen LogP contribution in [0.5, 0.6) is 0 Å². The van der Waals surface area contributed by atoms with E-state index >= 15 is 0 Å². The van der Waals surface area contributed by atoms with Crippen LogP contribution < -0.4 is 5.32 Å². The molecule has 0 spiro atoms. The van der Waals surface area contributed by atoms with Crippen molar-refractivity contribution in [2.24, 2.45) is 0 Å². The average Bonchev–Trinajstić information content (AvgIpc) is 3.00. The highest BCUT2D eigenvalue weighted by Crippen LogP contribution is 2.20. The number of hydrogen-bond acceptors (Lipinski definition) is 3. The van der Waals surface area contributed by atoms with Gasteiger partial charge in [0.2, 0.25) is 0 Å². The van der Waals surface area contributed by atoms with Gasteiger partial charge in [0.1, 0.15) is 5.56 Å². The summed E-state index contributed by atoms with van der Waals surface area (Å²) >= 11 is 0. The molecule has 1 aromatic carbocycles. The maximum atomic E-state index is 12.3. The first-order valence-corrected chi connectivity index (χ1v) is 8.68.